The van der Waals surface area contributed by atoms with E-state index in [0.29, 0.717) is 17.3 Å². The number of methoxy groups -OCH3 is 1. The molecule has 0 radical (unpaired) electrons. The van der Waals surface area contributed by atoms with Crippen LogP contribution in [-0.2, 0) is 4.74 Å². The van der Waals surface area contributed by atoms with Crippen LogP contribution in [0.5, 0.6) is 5.75 Å². The molecule has 4 aromatic rings. The molecule has 1 aliphatic rings. The second-order valence-corrected chi connectivity index (χ2v) is 9.48. The van der Waals surface area contributed by atoms with Gasteiger partial charge in [0, 0.05) is 23.3 Å². The number of esters is 1. The molecule has 2 aromatic heterocycles. The van der Waals surface area contributed by atoms with Crippen LogP contribution in [0.3, 0.4) is 0 Å². The highest BCUT2D eigenvalue weighted by molar-refractivity contribution is 7.80. The Labute approximate surface area is 228 Å². The van der Waals surface area contributed by atoms with Gasteiger partial charge in [0.25, 0.3) is 0 Å². The Hall–Kier alpha value is -4.17. The number of anilines is 1. The van der Waals surface area contributed by atoms with Crippen molar-refractivity contribution in [1.82, 2.24) is 14.9 Å². The van der Waals surface area contributed by atoms with E-state index in [0.717, 1.165) is 39.8 Å². The Morgan fingerprint density at radius 2 is 1.79 bits per heavy atom. The van der Waals surface area contributed by atoms with Gasteiger partial charge in [0.1, 0.15) is 5.75 Å². The molecule has 1 N–H and O–H groups in total. The van der Waals surface area contributed by atoms with Gasteiger partial charge < -0.3 is 24.3 Å². The van der Waals surface area contributed by atoms with E-state index in [-0.39, 0.29) is 18.1 Å². The minimum Gasteiger partial charge on any atom is -0.494 e. The zero-order valence-corrected chi connectivity index (χ0v) is 22.7. The Morgan fingerprint density at radius 1 is 1.05 bits per heavy atom. The first-order valence-electron chi connectivity index (χ1n) is 12.5. The SMILES string of the molecule is CCOc1ccc(N2C(=S)N[C@H](c3ccccn3)[C@@H]2c2cc(C)n(-c3ccccc3C(=O)OC)c2C)cc1. The van der Waals surface area contributed by atoms with E-state index in [1.807, 2.05) is 74.5 Å². The second-order valence-electron chi connectivity index (χ2n) is 9.09. The van der Waals surface area contributed by atoms with Crippen LogP contribution in [-0.4, -0.2) is 34.3 Å². The molecule has 0 spiro atoms. The average molecular weight is 527 g/mol. The molecule has 1 fully saturated rings. The van der Waals surface area contributed by atoms with Crippen molar-refractivity contribution >= 4 is 29.0 Å². The molecule has 38 heavy (non-hydrogen) atoms. The molecule has 8 heteroatoms. The molecule has 7 nitrogen and oxygen atoms in total. The number of nitrogens with zero attached hydrogens (tertiary/aromatic N) is 3. The van der Waals surface area contributed by atoms with Crippen LogP contribution in [0.15, 0.2) is 79.0 Å². The number of benzene rings is 2. The minimum atomic E-state index is -0.374. The minimum absolute atomic E-state index is 0.180. The van der Waals surface area contributed by atoms with Crippen molar-refractivity contribution in [3.8, 4) is 11.4 Å². The fourth-order valence-corrected chi connectivity index (χ4v) is 5.57. The number of para-hydroxylation sites is 1. The van der Waals surface area contributed by atoms with Gasteiger partial charge in [-0.1, -0.05) is 18.2 Å². The number of aromatic nitrogens is 2. The summed E-state index contributed by atoms with van der Waals surface area (Å²) < 4.78 is 12.8. The smallest absolute Gasteiger partial charge is 0.339 e. The van der Waals surface area contributed by atoms with Crippen LogP contribution in [0.4, 0.5) is 5.69 Å². The third-order valence-corrected chi connectivity index (χ3v) is 7.18. The number of thiocarbonyl (C=S) groups is 1. The number of aryl methyl sites for hydroxylation is 1. The lowest BCUT2D eigenvalue weighted by Gasteiger charge is -2.28. The lowest BCUT2D eigenvalue weighted by Crippen LogP contribution is -2.29. The van der Waals surface area contributed by atoms with Crippen LogP contribution in [0.25, 0.3) is 5.69 Å². The fourth-order valence-electron chi connectivity index (χ4n) is 5.23. The first-order chi connectivity index (χ1) is 18.4. The van der Waals surface area contributed by atoms with Gasteiger partial charge in [0.2, 0.25) is 0 Å². The third kappa shape index (κ3) is 4.52. The molecule has 0 saturated carbocycles. The van der Waals surface area contributed by atoms with Crippen molar-refractivity contribution in [3.63, 3.8) is 0 Å². The van der Waals surface area contributed by atoms with E-state index in [4.69, 9.17) is 21.7 Å². The number of carbonyl (C=O) groups is 1. The summed E-state index contributed by atoms with van der Waals surface area (Å²) in [6, 6.07) is 23.2. The first kappa shape index (κ1) is 25.5. The maximum Gasteiger partial charge on any atom is 0.339 e. The van der Waals surface area contributed by atoms with Crippen LogP contribution in [0.1, 0.15) is 52.0 Å². The topological polar surface area (TPSA) is 68.6 Å². The Kier molecular flexibility index (Phi) is 7.15. The molecule has 2 atom stereocenters. The van der Waals surface area contributed by atoms with Crippen molar-refractivity contribution < 1.29 is 14.3 Å². The van der Waals surface area contributed by atoms with E-state index < -0.39 is 0 Å². The average Bonchev–Trinajstić information content (AvgIpc) is 3.44. The molecule has 0 aliphatic carbocycles. The van der Waals surface area contributed by atoms with E-state index in [1.54, 1.807) is 12.3 Å². The Bertz CT molecular complexity index is 1470. The van der Waals surface area contributed by atoms with Crippen LogP contribution >= 0.6 is 12.2 Å². The summed E-state index contributed by atoms with van der Waals surface area (Å²) in [6.45, 7) is 6.69. The maximum atomic E-state index is 12.6. The quantitative estimate of drug-likeness (QED) is 0.239. The van der Waals surface area contributed by atoms with Gasteiger partial charge in [-0.15, -0.1) is 0 Å². The largest absolute Gasteiger partial charge is 0.494 e. The van der Waals surface area contributed by atoms with Gasteiger partial charge in [0.15, 0.2) is 5.11 Å². The zero-order chi connectivity index (χ0) is 26.8. The molecule has 5 rings (SSSR count). The van der Waals surface area contributed by atoms with E-state index in [1.165, 1.54) is 7.11 Å². The van der Waals surface area contributed by atoms with Gasteiger partial charge in [-0.05, 0) is 93.1 Å². The highest BCUT2D eigenvalue weighted by Crippen LogP contribution is 2.44. The van der Waals surface area contributed by atoms with Crippen LogP contribution in [0.2, 0.25) is 0 Å². The highest BCUT2D eigenvalue weighted by atomic mass is 32.1. The summed E-state index contributed by atoms with van der Waals surface area (Å²) in [5.41, 5.74) is 6.22. The summed E-state index contributed by atoms with van der Waals surface area (Å²) in [7, 11) is 1.40. The van der Waals surface area contributed by atoms with E-state index >= 15 is 0 Å². The normalized spacial score (nSPS) is 16.8. The molecule has 0 bridgehead atoms. The molecule has 3 heterocycles. The summed E-state index contributed by atoms with van der Waals surface area (Å²) in [6.07, 6.45) is 1.80. The molecule has 2 aromatic carbocycles. The van der Waals surface area contributed by atoms with Crippen LogP contribution in [0, 0.1) is 13.8 Å². The predicted octanol–water partition coefficient (Wildman–Crippen LogP) is 5.85. The molecule has 0 unspecified atom stereocenters. The zero-order valence-electron chi connectivity index (χ0n) is 21.8. The fraction of sp³-hybridized carbons (Fsp3) is 0.233. The van der Waals surface area contributed by atoms with Crippen molar-refractivity contribution in [1.29, 1.82) is 0 Å². The molecule has 194 valence electrons. The maximum absolute atomic E-state index is 12.6. The van der Waals surface area contributed by atoms with Crippen molar-refractivity contribution in [2.45, 2.75) is 32.9 Å². The number of hydrogen-bond acceptors (Lipinski definition) is 5. The number of nitrogens with one attached hydrogen (secondary N) is 1. The summed E-state index contributed by atoms with van der Waals surface area (Å²) in [5, 5.41) is 4.14. The number of hydrogen-bond donors (Lipinski definition) is 1. The third-order valence-electron chi connectivity index (χ3n) is 6.86. The summed E-state index contributed by atoms with van der Waals surface area (Å²) in [5.74, 6) is 0.436. The number of carbonyl (C=O) groups excluding carboxylic acids is 1. The monoisotopic (exact) mass is 526 g/mol. The molecule has 0 amide bonds. The molecule has 1 aliphatic heterocycles. The molecular formula is C30H30N4O3S. The van der Waals surface area contributed by atoms with Crippen molar-refractivity contribution in [3.05, 3.63) is 107 Å². The first-order valence-corrected chi connectivity index (χ1v) is 13.0. The molecular weight excluding hydrogens is 496 g/mol. The molecule has 1 saturated heterocycles. The van der Waals surface area contributed by atoms with Gasteiger partial charge >= 0.3 is 5.97 Å². The number of pyridine rings is 1. The van der Waals surface area contributed by atoms with Crippen LogP contribution < -0.4 is 15.0 Å². The van der Waals surface area contributed by atoms with E-state index in [2.05, 4.69) is 32.8 Å². The standard InChI is InChI=1S/C30H30N4O3S/c1-5-37-22-15-13-21(14-16-22)34-28(27(32-30(34)38)25-11-8-9-17-31-25)24-18-19(2)33(20(24)3)26-12-7-6-10-23(26)29(35)36-4/h6-18,27-28H,5H2,1-4H3,(H,32,38)/t27-,28+/m1/s1. The lowest BCUT2D eigenvalue weighted by molar-refractivity contribution is 0.0600. The predicted molar refractivity (Wildman–Crippen MR) is 152 cm³/mol. The Balaban J connectivity index is 1.66. The van der Waals surface area contributed by atoms with Gasteiger partial charge in [0.05, 0.1) is 42.7 Å². The van der Waals surface area contributed by atoms with E-state index in [9.17, 15) is 4.79 Å². The Morgan fingerprint density at radius 3 is 2.47 bits per heavy atom. The van der Waals surface area contributed by atoms with Crippen molar-refractivity contribution in [2.75, 3.05) is 18.6 Å². The second kappa shape index (κ2) is 10.7. The van der Waals surface area contributed by atoms with Gasteiger partial charge in [-0.25, -0.2) is 4.79 Å². The number of ether oxygens (including phenoxy) is 2. The van der Waals surface area contributed by atoms with Gasteiger partial charge in [-0.2, -0.15) is 0 Å². The summed E-state index contributed by atoms with van der Waals surface area (Å²) in [4.78, 5) is 19.4. The summed E-state index contributed by atoms with van der Waals surface area (Å²) >= 11 is 5.90. The lowest BCUT2D eigenvalue weighted by atomic mass is 9.96. The van der Waals surface area contributed by atoms with Crippen molar-refractivity contribution in [2.24, 2.45) is 0 Å². The highest BCUT2D eigenvalue weighted by Gasteiger charge is 2.42. The van der Waals surface area contributed by atoms with Gasteiger partial charge in [-0.3, -0.25) is 4.98 Å². The number of rotatable bonds is 7.